The molecule has 0 heterocycles. The lowest BCUT2D eigenvalue weighted by Gasteiger charge is -2.26. The fourth-order valence-corrected chi connectivity index (χ4v) is 3.04. The zero-order valence-corrected chi connectivity index (χ0v) is 12.5. The van der Waals surface area contributed by atoms with Crippen LogP contribution in [0, 0.1) is 11.7 Å². The Balaban J connectivity index is 1.78. The van der Waals surface area contributed by atoms with Gasteiger partial charge in [0.05, 0.1) is 6.10 Å². The van der Waals surface area contributed by atoms with Crippen molar-refractivity contribution in [3.63, 3.8) is 0 Å². The van der Waals surface area contributed by atoms with Crippen LogP contribution in [0.25, 0.3) is 0 Å². The fraction of sp³-hybridized carbons (Fsp3) is 0.588. The molecular formula is C17H24FNO2. The number of rotatable bonds is 5. The first-order valence-corrected chi connectivity index (χ1v) is 7.75. The van der Waals surface area contributed by atoms with Gasteiger partial charge in [-0.05, 0) is 42.7 Å². The van der Waals surface area contributed by atoms with E-state index in [0.717, 1.165) is 25.7 Å². The van der Waals surface area contributed by atoms with Gasteiger partial charge < -0.3 is 10.4 Å². The zero-order valence-electron chi connectivity index (χ0n) is 12.5. The molecule has 0 aliphatic heterocycles. The Morgan fingerprint density at radius 1 is 1.43 bits per heavy atom. The summed E-state index contributed by atoms with van der Waals surface area (Å²) in [7, 11) is 0. The van der Waals surface area contributed by atoms with E-state index in [9.17, 15) is 14.3 Å². The van der Waals surface area contributed by atoms with Crippen LogP contribution in [0.2, 0.25) is 0 Å². The molecule has 2 N–H and O–H groups in total. The predicted octanol–water partition coefficient (Wildman–Crippen LogP) is 2.99. The number of benzene rings is 1. The number of aliphatic hydroxyl groups is 1. The van der Waals surface area contributed by atoms with Gasteiger partial charge in [-0.2, -0.15) is 0 Å². The van der Waals surface area contributed by atoms with Gasteiger partial charge >= 0.3 is 0 Å². The standard InChI is InChI=1S/C17H24FNO2/c1-12(15-7-2-3-8-16(15)18)9-17(21)19-11-13-5-4-6-14(20)10-13/h2-3,7-8,12-14,20H,4-6,9-11H2,1H3,(H,19,21). The summed E-state index contributed by atoms with van der Waals surface area (Å²) in [6.45, 7) is 2.47. The molecule has 116 valence electrons. The van der Waals surface area contributed by atoms with Gasteiger partial charge in [0.25, 0.3) is 0 Å². The molecule has 0 saturated heterocycles. The number of hydrogen-bond donors (Lipinski definition) is 2. The van der Waals surface area contributed by atoms with Crippen LogP contribution in [0.4, 0.5) is 4.39 Å². The molecule has 1 saturated carbocycles. The van der Waals surface area contributed by atoms with Gasteiger partial charge in [-0.15, -0.1) is 0 Å². The van der Waals surface area contributed by atoms with Gasteiger partial charge in [0.15, 0.2) is 0 Å². The monoisotopic (exact) mass is 293 g/mol. The maximum Gasteiger partial charge on any atom is 0.220 e. The van der Waals surface area contributed by atoms with E-state index < -0.39 is 0 Å². The van der Waals surface area contributed by atoms with Crippen molar-refractivity contribution >= 4 is 5.91 Å². The Morgan fingerprint density at radius 3 is 2.90 bits per heavy atom. The zero-order chi connectivity index (χ0) is 15.2. The topological polar surface area (TPSA) is 49.3 Å². The molecule has 2 rings (SSSR count). The molecule has 1 aromatic rings. The Bertz CT molecular complexity index is 478. The molecule has 3 unspecified atom stereocenters. The third-order valence-corrected chi connectivity index (χ3v) is 4.27. The normalized spacial score (nSPS) is 23.6. The van der Waals surface area contributed by atoms with Crippen LogP contribution in [0.3, 0.4) is 0 Å². The van der Waals surface area contributed by atoms with Gasteiger partial charge in [-0.1, -0.05) is 31.5 Å². The van der Waals surface area contributed by atoms with Crippen LogP contribution in [-0.4, -0.2) is 23.7 Å². The van der Waals surface area contributed by atoms with Crippen molar-refractivity contribution < 1.29 is 14.3 Å². The number of carbonyl (C=O) groups is 1. The van der Waals surface area contributed by atoms with Gasteiger partial charge in [-0.3, -0.25) is 4.79 Å². The van der Waals surface area contributed by atoms with Crippen molar-refractivity contribution in [1.29, 1.82) is 0 Å². The predicted molar refractivity (Wildman–Crippen MR) is 80.4 cm³/mol. The molecule has 1 amide bonds. The maximum absolute atomic E-state index is 13.7. The highest BCUT2D eigenvalue weighted by Gasteiger charge is 2.21. The molecular weight excluding hydrogens is 269 g/mol. The second-order valence-corrected chi connectivity index (χ2v) is 6.12. The van der Waals surface area contributed by atoms with Crippen LogP contribution >= 0.6 is 0 Å². The number of carbonyl (C=O) groups excluding carboxylic acids is 1. The van der Waals surface area contributed by atoms with Crippen molar-refractivity contribution in [1.82, 2.24) is 5.32 Å². The first-order valence-electron chi connectivity index (χ1n) is 7.75. The second-order valence-electron chi connectivity index (χ2n) is 6.12. The van der Waals surface area contributed by atoms with Crippen LogP contribution in [0.5, 0.6) is 0 Å². The van der Waals surface area contributed by atoms with E-state index in [1.165, 1.54) is 6.07 Å². The molecule has 0 bridgehead atoms. The first kappa shape index (κ1) is 16.0. The highest BCUT2D eigenvalue weighted by atomic mass is 19.1. The Hall–Kier alpha value is -1.42. The second kappa shape index (κ2) is 7.55. The van der Waals surface area contributed by atoms with Gasteiger partial charge in [-0.25, -0.2) is 4.39 Å². The van der Waals surface area contributed by atoms with Crippen LogP contribution in [0.1, 0.15) is 50.5 Å². The summed E-state index contributed by atoms with van der Waals surface area (Å²) < 4.78 is 13.7. The molecule has 1 aliphatic rings. The molecule has 3 atom stereocenters. The van der Waals surface area contributed by atoms with E-state index in [0.29, 0.717) is 18.0 Å². The number of amides is 1. The Morgan fingerprint density at radius 2 is 2.19 bits per heavy atom. The summed E-state index contributed by atoms with van der Waals surface area (Å²) >= 11 is 0. The lowest BCUT2D eigenvalue weighted by Crippen LogP contribution is -2.33. The minimum absolute atomic E-state index is 0.0502. The van der Waals surface area contributed by atoms with Crippen molar-refractivity contribution in [3.8, 4) is 0 Å². The van der Waals surface area contributed by atoms with E-state index in [1.54, 1.807) is 18.2 Å². The smallest absolute Gasteiger partial charge is 0.220 e. The first-order chi connectivity index (χ1) is 10.1. The third kappa shape index (κ3) is 4.81. The molecule has 21 heavy (non-hydrogen) atoms. The van der Waals surface area contributed by atoms with Gasteiger partial charge in [0, 0.05) is 13.0 Å². The van der Waals surface area contributed by atoms with E-state index in [-0.39, 0.29) is 30.2 Å². The van der Waals surface area contributed by atoms with E-state index >= 15 is 0 Å². The Labute approximate surface area is 125 Å². The molecule has 0 spiro atoms. The van der Waals surface area contributed by atoms with Crippen LogP contribution in [-0.2, 0) is 4.79 Å². The number of nitrogens with one attached hydrogen (secondary N) is 1. The van der Waals surface area contributed by atoms with E-state index in [2.05, 4.69) is 5.32 Å². The fourth-order valence-electron chi connectivity index (χ4n) is 3.04. The highest BCUT2D eigenvalue weighted by molar-refractivity contribution is 5.76. The molecule has 1 fully saturated rings. The van der Waals surface area contributed by atoms with Gasteiger partial charge in [0.1, 0.15) is 5.82 Å². The van der Waals surface area contributed by atoms with Crippen molar-refractivity contribution in [3.05, 3.63) is 35.6 Å². The molecule has 4 heteroatoms. The van der Waals surface area contributed by atoms with E-state index in [4.69, 9.17) is 0 Å². The van der Waals surface area contributed by atoms with E-state index in [1.807, 2.05) is 6.92 Å². The quantitative estimate of drug-likeness (QED) is 0.877. The largest absolute Gasteiger partial charge is 0.393 e. The summed E-state index contributed by atoms with van der Waals surface area (Å²) in [4.78, 5) is 12.0. The minimum Gasteiger partial charge on any atom is -0.393 e. The summed E-state index contributed by atoms with van der Waals surface area (Å²) in [5.41, 5.74) is 0.584. The summed E-state index contributed by atoms with van der Waals surface area (Å²) in [6.07, 6.45) is 3.78. The van der Waals surface area contributed by atoms with Crippen LogP contribution in [0.15, 0.2) is 24.3 Å². The van der Waals surface area contributed by atoms with Crippen molar-refractivity contribution in [2.75, 3.05) is 6.54 Å². The SMILES string of the molecule is CC(CC(=O)NCC1CCCC(O)C1)c1ccccc1F. The number of halogens is 1. The molecule has 0 radical (unpaired) electrons. The number of aliphatic hydroxyl groups excluding tert-OH is 1. The summed E-state index contributed by atoms with van der Waals surface area (Å²) in [5.74, 6) is -0.0800. The lowest BCUT2D eigenvalue weighted by atomic mass is 9.87. The summed E-state index contributed by atoms with van der Waals surface area (Å²) in [6, 6.07) is 6.59. The Kier molecular flexibility index (Phi) is 5.74. The molecule has 0 aromatic heterocycles. The highest BCUT2D eigenvalue weighted by Crippen LogP contribution is 2.24. The van der Waals surface area contributed by atoms with Crippen molar-refractivity contribution in [2.24, 2.45) is 5.92 Å². The lowest BCUT2D eigenvalue weighted by molar-refractivity contribution is -0.121. The average Bonchev–Trinajstić information content (AvgIpc) is 2.45. The molecule has 3 nitrogen and oxygen atoms in total. The molecule has 1 aromatic carbocycles. The van der Waals surface area contributed by atoms with Gasteiger partial charge in [0.2, 0.25) is 5.91 Å². The third-order valence-electron chi connectivity index (χ3n) is 4.27. The maximum atomic E-state index is 13.7. The number of hydrogen-bond acceptors (Lipinski definition) is 2. The average molecular weight is 293 g/mol. The minimum atomic E-state index is -0.256. The van der Waals surface area contributed by atoms with Crippen molar-refractivity contribution in [2.45, 2.75) is 51.0 Å². The molecule has 1 aliphatic carbocycles. The van der Waals surface area contributed by atoms with Crippen LogP contribution < -0.4 is 5.32 Å². The summed E-state index contributed by atoms with van der Waals surface area (Å²) in [5, 5.41) is 12.5.